The van der Waals surface area contributed by atoms with Crippen molar-refractivity contribution in [2.45, 2.75) is 0 Å². The average Bonchev–Trinajstić information content (AvgIpc) is 2.38. The Morgan fingerprint density at radius 1 is 1.42 bits per heavy atom. The fourth-order valence-electron chi connectivity index (χ4n) is 1.34. The number of anilines is 1. The number of nitrogens with zero attached hydrogens (tertiary/aromatic N) is 1. The van der Waals surface area contributed by atoms with Gasteiger partial charge in [-0.2, -0.15) is 0 Å². The lowest BCUT2D eigenvalue weighted by molar-refractivity contribution is -0.384. The molecule has 0 radical (unpaired) electrons. The number of nitro benzene ring substituents is 1. The van der Waals surface area contributed by atoms with Crippen LogP contribution in [-0.2, 0) is 4.74 Å². The maximum Gasteiger partial charge on any atom is 0.319 e. The number of urea groups is 1. The van der Waals surface area contributed by atoms with E-state index in [1.54, 1.807) is 0 Å². The molecule has 2 N–H and O–H groups in total. The predicted molar refractivity (Wildman–Crippen MR) is 68.5 cm³/mol. The average molecular weight is 269 g/mol. The molecule has 0 unspecified atom stereocenters. The third-order valence-electron chi connectivity index (χ3n) is 2.23. The summed E-state index contributed by atoms with van der Waals surface area (Å²) in [6, 6.07) is 3.46. The van der Waals surface area contributed by atoms with Crippen molar-refractivity contribution >= 4 is 17.4 Å². The van der Waals surface area contributed by atoms with Crippen molar-refractivity contribution in [3.63, 3.8) is 0 Å². The lowest BCUT2D eigenvalue weighted by Crippen LogP contribution is -2.31. The highest BCUT2D eigenvalue weighted by Gasteiger charge is 2.13. The first-order valence-electron chi connectivity index (χ1n) is 5.44. The van der Waals surface area contributed by atoms with E-state index in [9.17, 15) is 14.9 Å². The highest BCUT2D eigenvalue weighted by Crippen LogP contribution is 2.28. The van der Waals surface area contributed by atoms with Gasteiger partial charge in [0.25, 0.3) is 5.69 Å². The summed E-state index contributed by atoms with van der Waals surface area (Å²) < 4.78 is 9.80. The third-order valence-corrected chi connectivity index (χ3v) is 2.23. The molecule has 0 heterocycles. The second kappa shape index (κ2) is 7.17. The monoisotopic (exact) mass is 269 g/mol. The molecular weight excluding hydrogens is 254 g/mol. The molecule has 0 atom stereocenters. The van der Waals surface area contributed by atoms with E-state index in [0.717, 1.165) is 0 Å². The van der Waals surface area contributed by atoms with Gasteiger partial charge in [0.1, 0.15) is 5.75 Å². The number of nitrogens with one attached hydrogen (secondary N) is 2. The molecule has 0 saturated heterocycles. The van der Waals surface area contributed by atoms with Gasteiger partial charge in [0.15, 0.2) is 0 Å². The van der Waals surface area contributed by atoms with Gasteiger partial charge in [-0.15, -0.1) is 0 Å². The van der Waals surface area contributed by atoms with Gasteiger partial charge in [-0.25, -0.2) is 4.79 Å². The standard InChI is InChI=1S/C11H15N3O5/c1-18-6-5-12-11(15)13-9-7-8(14(16)17)3-4-10(9)19-2/h3-4,7H,5-6H2,1-2H3,(H2,12,13,15). The van der Waals surface area contributed by atoms with Gasteiger partial charge in [0.2, 0.25) is 0 Å². The second-order valence-corrected chi connectivity index (χ2v) is 3.52. The number of non-ortho nitro benzene ring substituents is 1. The van der Waals surface area contributed by atoms with E-state index >= 15 is 0 Å². The summed E-state index contributed by atoms with van der Waals surface area (Å²) in [6.07, 6.45) is 0. The molecule has 1 rings (SSSR count). The van der Waals surface area contributed by atoms with Crippen LogP contribution in [0, 0.1) is 10.1 Å². The van der Waals surface area contributed by atoms with Gasteiger partial charge in [-0.3, -0.25) is 10.1 Å². The molecule has 0 spiro atoms. The summed E-state index contributed by atoms with van der Waals surface area (Å²) in [7, 11) is 2.93. The first-order chi connectivity index (χ1) is 9.08. The molecule has 19 heavy (non-hydrogen) atoms. The van der Waals surface area contributed by atoms with Crippen LogP contribution in [0.15, 0.2) is 18.2 Å². The van der Waals surface area contributed by atoms with Crippen LogP contribution in [0.4, 0.5) is 16.2 Å². The number of hydrogen-bond donors (Lipinski definition) is 2. The molecule has 0 saturated carbocycles. The first-order valence-corrected chi connectivity index (χ1v) is 5.44. The number of benzene rings is 1. The van der Waals surface area contributed by atoms with E-state index < -0.39 is 11.0 Å². The van der Waals surface area contributed by atoms with Crippen LogP contribution in [0.1, 0.15) is 0 Å². The van der Waals surface area contributed by atoms with Gasteiger partial charge in [0.05, 0.1) is 24.3 Å². The molecule has 0 aliphatic heterocycles. The van der Waals surface area contributed by atoms with Crippen molar-refractivity contribution in [1.82, 2.24) is 5.32 Å². The number of carbonyl (C=O) groups excluding carboxylic acids is 1. The van der Waals surface area contributed by atoms with Gasteiger partial charge >= 0.3 is 6.03 Å². The number of hydrogen-bond acceptors (Lipinski definition) is 5. The van der Waals surface area contributed by atoms with E-state index in [4.69, 9.17) is 9.47 Å². The maximum atomic E-state index is 11.5. The van der Waals surface area contributed by atoms with E-state index in [-0.39, 0.29) is 11.4 Å². The molecule has 8 nitrogen and oxygen atoms in total. The van der Waals surface area contributed by atoms with Crippen LogP contribution in [0.2, 0.25) is 0 Å². The van der Waals surface area contributed by atoms with Gasteiger partial charge in [-0.1, -0.05) is 0 Å². The topological polar surface area (TPSA) is 103 Å². The quantitative estimate of drug-likeness (QED) is 0.461. The Hall–Kier alpha value is -2.35. The Labute approximate surface area is 109 Å². The van der Waals surface area contributed by atoms with E-state index in [1.807, 2.05) is 0 Å². The minimum Gasteiger partial charge on any atom is -0.495 e. The van der Waals surface area contributed by atoms with E-state index in [0.29, 0.717) is 18.9 Å². The number of carbonyl (C=O) groups is 1. The Bertz CT molecular complexity index is 464. The Morgan fingerprint density at radius 3 is 2.74 bits per heavy atom. The summed E-state index contributed by atoms with van der Waals surface area (Å²) in [5.41, 5.74) is 0.0969. The first kappa shape index (κ1) is 14.7. The highest BCUT2D eigenvalue weighted by molar-refractivity contribution is 5.91. The highest BCUT2D eigenvalue weighted by atomic mass is 16.6. The summed E-state index contributed by atoms with van der Waals surface area (Å²) in [5, 5.41) is 15.7. The van der Waals surface area contributed by atoms with Crippen LogP contribution in [0.3, 0.4) is 0 Å². The molecular formula is C11H15N3O5. The van der Waals surface area contributed by atoms with Crippen molar-refractivity contribution in [2.24, 2.45) is 0 Å². The van der Waals surface area contributed by atoms with Crippen LogP contribution in [-0.4, -0.2) is 38.3 Å². The zero-order valence-electron chi connectivity index (χ0n) is 10.6. The Morgan fingerprint density at radius 2 is 2.16 bits per heavy atom. The van der Waals surface area contributed by atoms with Gasteiger partial charge in [0, 0.05) is 25.8 Å². The molecule has 1 aromatic carbocycles. The van der Waals surface area contributed by atoms with Crippen molar-refractivity contribution in [3.8, 4) is 5.75 Å². The molecule has 0 aliphatic carbocycles. The number of nitro groups is 1. The molecule has 0 bridgehead atoms. The van der Waals surface area contributed by atoms with Crippen molar-refractivity contribution in [1.29, 1.82) is 0 Å². The number of amides is 2. The van der Waals surface area contributed by atoms with Crippen LogP contribution >= 0.6 is 0 Å². The summed E-state index contributed by atoms with van der Waals surface area (Å²) >= 11 is 0. The second-order valence-electron chi connectivity index (χ2n) is 3.52. The predicted octanol–water partition coefficient (Wildman–Crippen LogP) is 1.37. The van der Waals surface area contributed by atoms with Gasteiger partial charge < -0.3 is 20.1 Å². The molecule has 1 aromatic rings. The Balaban J connectivity index is 2.77. The normalized spacial score (nSPS) is 9.79. The van der Waals surface area contributed by atoms with Crippen molar-refractivity contribution in [2.75, 3.05) is 32.7 Å². The fourth-order valence-corrected chi connectivity index (χ4v) is 1.34. The zero-order valence-corrected chi connectivity index (χ0v) is 10.6. The molecule has 0 fully saturated rings. The largest absolute Gasteiger partial charge is 0.495 e. The van der Waals surface area contributed by atoms with Gasteiger partial charge in [-0.05, 0) is 6.07 Å². The van der Waals surface area contributed by atoms with Crippen LogP contribution in [0.5, 0.6) is 5.75 Å². The smallest absolute Gasteiger partial charge is 0.319 e. The minimum absolute atomic E-state index is 0.131. The number of ether oxygens (including phenoxy) is 2. The lowest BCUT2D eigenvalue weighted by Gasteiger charge is -2.10. The van der Waals surface area contributed by atoms with Crippen molar-refractivity contribution < 1.29 is 19.2 Å². The van der Waals surface area contributed by atoms with Crippen LogP contribution < -0.4 is 15.4 Å². The molecule has 104 valence electrons. The van der Waals surface area contributed by atoms with E-state index in [1.165, 1.54) is 32.4 Å². The number of rotatable bonds is 6. The minimum atomic E-state index is -0.548. The van der Waals surface area contributed by atoms with Crippen LogP contribution in [0.25, 0.3) is 0 Å². The molecule has 0 aromatic heterocycles. The molecule has 2 amide bonds. The molecule has 8 heteroatoms. The maximum absolute atomic E-state index is 11.5. The van der Waals surface area contributed by atoms with E-state index in [2.05, 4.69) is 10.6 Å². The van der Waals surface area contributed by atoms with Crippen molar-refractivity contribution in [3.05, 3.63) is 28.3 Å². The Kier molecular flexibility index (Phi) is 5.55. The SMILES string of the molecule is COCCNC(=O)Nc1cc([N+](=O)[O-])ccc1OC. The molecule has 0 aliphatic rings. The fraction of sp³-hybridized carbons (Fsp3) is 0.364. The summed E-state index contributed by atoms with van der Waals surface area (Å²) in [4.78, 5) is 21.7. The zero-order chi connectivity index (χ0) is 14.3. The third kappa shape index (κ3) is 4.43. The lowest BCUT2D eigenvalue weighted by atomic mass is 10.2. The number of methoxy groups -OCH3 is 2. The summed E-state index contributed by atoms with van der Waals surface area (Å²) in [5.74, 6) is 0.340. The summed E-state index contributed by atoms with van der Waals surface area (Å²) in [6.45, 7) is 0.707.